The fraction of sp³-hybridized carbons (Fsp3) is 0.286. The van der Waals surface area contributed by atoms with Crippen molar-refractivity contribution in [3.63, 3.8) is 0 Å². The third-order valence-corrected chi connectivity index (χ3v) is 4.82. The lowest BCUT2D eigenvalue weighted by molar-refractivity contribution is -0.118. The Morgan fingerprint density at radius 3 is 2.27 bits per heavy atom. The number of rotatable bonds is 8. The van der Waals surface area contributed by atoms with Crippen LogP contribution in [0.3, 0.4) is 0 Å². The van der Waals surface area contributed by atoms with Gasteiger partial charge in [-0.15, -0.1) is 0 Å². The Bertz CT molecular complexity index is 794. The first-order valence-electron chi connectivity index (χ1n) is 8.78. The number of benzene rings is 2. The van der Waals surface area contributed by atoms with Gasteiger partial charge in [0.25, 0.3) is 0 Å². The second-order valence-corrected chi connectivity index (χ2v) is 6.71. The maximum Gasteiger partial charge on any atom is 0.172 e. The van der Waals surface area contributed by atoms with Crippen molar-refractivity contribution in [2.75, 3.05) is 19.7 Å². The summed E-state index contributed by atoms with van der Waals surface area (Å²) in [6.07, 6.45) is 1.62. The van der Waals surface area contributed by atoms with Crippen LogP contribution in [0.1, 0.15) is 24.0 Å². The first kappa shape index (κ1) is 18.2. The molecule has 5 heteroatoms. The zero-order valence-corrected chi connectivity index (χ0v) is 14.6. The van der Waals surface area contributed by atoms with E-state index in [1.54, 1.807) is 24.3 Å². The number of phenols is 1. The summed E-state index contributed by atoms with van der Waals surface area (Å²) in [6, 6.07) is 16.0. The van der Waals surface area contributed by atoms with Gasteiger partial charge in [0.2, 0.25) is 0 Å². The van der Waals surface area contributed by atoms with Crippen molar-refractivity contribution in [2.45, 2.75) is 12.8 Å². The Morgan fingerprint density at radius 2 is 1.69 bits per heavy atom. The molecule has 0 spiro atoms. The summed E-state index contributed by atoms with van der Waals surface area (Å²) < 4.78 is 0. The minimum Gasteiger partial charge on any atom is -0.508 e. The molecule has 0 bridgehead atoms. The molecule has 26 heavy (non-hydrogen) atoms. The average molecular weight is 352 g/mol. The van der Waals surface area contributed by atoms with Crippen LogP contribution >= 0.6 is 0 Å². The number of hydrogen-bond donors (Lipinski definition) is 4. The quantitative estimate of drug-likeness (QED) is 0.332. The van der Waals surface area contributed by atoms with E-state index in [1.165, 1.54) is 0 Å². The van der Waals surface area contributed by atoms with Gasteiger partial charge in [0.05, 0.1) is 12.3 Å². The summed E-state index contributed by atoms with van der Waals surface area (Å²) in [5.74, 6) is 0.181. The zero-order valence-electron chi connectivity index (χ0n) is 14.6. The first-order valence-corrected chi connectivity index (χ1v) is 8.78. The molecular formula is C21H24N2O3. The Hall–Kier alpha value is -2.63. The summed E-state index contributed by atoms with van der Waals surface area (Å²) >= 11 is 0. The highest BCUT2D eigenvalue weighted by Crippen LogP contribution is 2.49. The smallest absolute Gasteiger partial charge is 0.172 e. The second kappa shape index (κ2) is 7.72. The van der Waals surface area contributed by atoms with Gasteiger partial charge >= 0.3 is 0 Å². The molecule has 1 fully saturated rings. The fourth-order valence-electron chi connectivity index (χ4n) is 3.11. The predicted octanol–water partition coefficient (Wildman–Crippen LogP) is 2.15. The Labute approximate surface area is 153 Å². The number of nitrogens with two attached hydrogens (primary N) is 1. The summed E-state index contributed by atoms with van der Waals surface area (Å²) in [6.45, 7) is 1.04. The molecule has 1 aliphatic carbocycles. The van der Waals surface area contributed by atoms with E-state index in [2.05, 4.69) is 5.32 Å². The minimum atomic E-state index is -0.456. The van der Waals surface area contributed by atoms with Crippen LogP contribution in [0.4, 0.5) is 0 Å². The molecular weight excluding hydrogens is 328 g/mol. The van der Waals surface area contributed by atoms with Crippen molar-refractivity contribution in [3.05, 3.63) is 65.7 Å². The van der Waals surface area contributed by atoms with Gasteiger partial charge in [0.15, 0.2) is 5.78 Å². The van der Waals surface area contributed by atoms with Crippen LogP contribution in [0.15, 0.2) is 54.6 Å². The summed E-state index contributed by atoms with van der Waals surface area (Å²) in [4.78, 5) is 13.4. The molecule has 3 rings (SSSR count). The molecule has 0 heterocycles. The van der Waals surface area contributed by atoms with Crippen molar-refractivity contribution < 1.29 is 15.0 Å². The van der Waals surface area contributed by atoms with Crippen LogP contribution in [0, 0.1) is 5.41 Å². The van der Waals surface area contributed by atoms with Crippen LogP contribution < -0.4 is 11.1 Å². The number of aromatic hydroxyl groups is 1. The standard InChI is InChI=1S/C21H24N2O3/c22-19(16-6-8-17(25)9-7-16)18(15-4-2-1-3-5-15)20(26)21(10-11-21)14-23-12-13-24/h1-9,23-25H,10-14,22H2. The normalized spacial score (nSPS) is 16.0. The summed E-state index contributed by atoms with van der Waals surface area (Å²) in [5.41, 5.74) is 8.38. The van der Waals surface area contributed by atoms with Crippen LogP contribution in [0.25, 0.3) is 11.3 Å². The van der Waals surface area contributed by atoms with E-state index in [0.29, 0.717) is 29.9 Å². The van der Waals surface area contributed by atoms with E-state index in [1.807, 2.05) is 30.3 Å². The average Bonchev–Trinajstić information content (AvgIpc) is 3.44. The summed E-state index contributed by atoms with van der Waals surface area (Å²) in [7, 11) is 0. The van der Waals surface area contributed by atoms with Gasteiger partial charge in [-0.25, -0.2) is 0 Å². The van der Waals surface area contributed by atoms with Gasteiger partial charge in [-0.05, 0) is 48.2 Å². The van der Waals surface area contributed by atoms with E-state index in [-0.39, 0.29) is 18.1 Å². The molecule has 136 valence electrons. The molecule has 1 saturated carbocycles. The number of Topliss-reactive ketones (excluding diaryl/α,β-unsaturated/α-hetero) is 1. The first-order chi connectivity index (χ1) is 12.6. The molecule has 0 aromatic heterocycles. The van der Waals surface area contributed by atoms with E-state index in [9.17, 15) is 9.90 Å². The van der Waals surface area contributed by atoms with Gasteiger partial charge in [-0.2, -0.15) is 0 Å². The number of carbonyl (C=O) groups excluding carboxylic acids is 1. The Kier molecular flexibility index (Phi) is 5.40. The second-order valence-electron chi connectivity index (χ2n) is 6.71. The Morgan fingerprint density at radius 1 is 1.04 bits per heavy atom. The van der Waals surface area contributed by atoms with E-state index in [4.69, 9.17) is 10.8 Å². The molecule has 0 aliphatic heterocycles. The largest absolute Gasteiger partial charge is 0.508 e. The Balaban J connectivity index is 2.01. The molecule has 2 aromatic carbocycles. The van der Waals surface area contributed by atoms with Crippen molar-refractivity contribution in [1.82, 2.24) is 5.32 Å². The third-order valence-electron chi connectivity index (χ3n) is 4.82. The lowest BCUT2D eigenvalue weighted by atomic mass is 9.87. The third kappa shape index (κ3) is 3.79. The van der Waals surface area contributed by atoms with E-state index in [0.717, 1.165) is 18.4 Å². The molecule has 5 N–H and O–H groups in total. The number of carbonyl (C=O) groups is 1. The molecule has 0 saturated heterocycles. The summed E-state index contributed by atoms with van der Waals surface area (Å²) in [5, 5.41) is 21.6. The molecule has 0 amide bonds. The zero-order chi connectivity index (χ0) is 18.6. The number of aliphatic hydroxyl groups is 1. The number of phenolic OH excluding ortho intramolecular Hbond substituents is 1. The number of ketones is 1. The highest BCUT2D eigenvalue weighted by atomic mass is 16.3. The molecule has 2 aromatic rings. The van der Waals surface area contributed by atoms with Gasteiger partial charge < -0.3 is 21.3 Å². The SMILES string of the molecule is NC(=C(C(=O)C1(CNCCO)CC1)c1ccccc1)c1ccc(O)cc1. The van der Waals surface area contributed by atoms with Crippen molar-refractivity contribution in [1.29, 1.82) is 0 Å². The van der Waals surface area contributed by atoms with Gasteiger partial charge in [0, 0.05) is 24.1 Å². The lowest BCUT2D eigenvalue weighted by Gasteiger charge is -2.19. The molecule has 0 unspecified atom stereocenters. The number of nitrogens with one attached hydrogen (secondary N) is 1. The number of allylic oxidation sites excluding steroid dienone is 1. The van der Waals surface area contributed by atoms with Crippen LogP contribution in [0.5, 0.6) is 5.75 Å². The predicted molar refractivity (Wildman–Crippen MR) is 102 cm³/mol. The lowest BCUT2D eigenvalue weighted by Crippen LogP contribution is -2.33. The van der Waals surface area contributed by atoms with Crippen LogP contribution in [-0.4, -0.2) is 35.7 Å². The maximum atomic E-state index is 13.4. The van der Waals surface area contributed by atoms with Crippen LogP contribution in [-0.2, 0) is 4.79 Å². The maximum absolute atomic E-state index is 13.4. The van der Waals surface area contributed by atoms with Gasteiger partial charge in [0.1, 0.15) is 5.75 Å². The molecule has 5 nitrogen and oxygen atoms in total. The fourth-order valence-corrected chi connectivity index (χ4v) is 3.11. The topological polar surface area (TPSA) is 95.6 Å². The van der Waals surface area contributed by atoms with Crippen molar-refractivity contribution in [2.24, 2.45) is 11.1 Å². The van der Waals surface area contributed by atoms with Gasteiger partial charge in [-0.3, -0.25) is 4.79 Å². The highest BCUT2D eigenvalue weighted by Gasteiger charge is 2.50. The van der Waals surface area contributed by atoms with E-state index >= 15 is 0 Å². The minimum absolute atomic E-state index is 0.0275. The molecule has 0 radical (unpaired) electrons. The number of aliphatic hydroxyl groups excluding tert-OH is 1. The highest BCUT2D eigenvalue weighted by molar-refractivity contribution is 6.30. The van der Waals surface area contributed by atoms with Crippen LogP contribution in [0.2, 0.25) is 0 Å². The molecule has 1 aliphatic rings. The van der Waals surface area contributed by atoms with Crippen molar-refractivity contribution in [3.8, 4) is 5.75 Å². The number of hydrogen-bond acceptors (Lipinski definition) is 5. The van der Waals surface area contributed by atoms with Gasteiger partial charge in [-0.1, -0.05) is 30.3 Å². The monoisotopic (exact) mass is 352 g/mol. The molecule has 0 atom stereocenters. The van der Waals surface area contributed by atoms with E-state index < -0.39 is 5.41 Å². The van der Waals surface area contributed by atoms with Crippen molar-refractivity contribution >= 4 is 17.1 Å².